The molecule has 0 saturated heterocycles. The molecule has 1 aliphatic carbocycles. The fraction of sp³-hybridized carbons (Fsp3) is 0.333. The van der Waals surface area contributed by atoms with Gasteiger partial charge in [0.25, 0.3) is 0 Å². The van der Waals surface area contributed by atoms with E-state index in [2.05, 4.69) is 43.1 Å². The number of hydrogen-bond donors (Lipinski definition) is 0. The molecule has 0 atom stereocenters. The van der Waals surface area contributed by atoms with E-state index < -0.39 is 0 Å². The van der Waals surface area contributed by atoms with Gasteiger partial charge in [0, 0.05) is 10.9 Å². The lowest BCUT2D eigenvalue weighted by Crippen LogP contribution is -2.02. The minimum Gasteiger partial charge on any atom is -0.239 e. The number of nitriles is 1. The first-order valence-corrected chi connectivity index (χ1v) is 6.97. The highest BCUT2D eigenvalue weighted by Crippen LogP contribution is 2.48. The Balaban J connectivity index is 2.01. The lowest BCUT2D eigenvalue weighted by molar-refractivity contribution is 0.868. The zero-order valence-corrected chi connectivity index (χ0v) is 11.3. The number of benzene rings is 1. The molecule has 0 radical (unpaired) electrons. The summed E-state index contributed by atoms with van der Waals surface area (Å²) in [6.45, 7) is 4.21. The predicted molar refractivity (Wildman–Crippen MR) is 73.5 cm³/mol. The van der Waals surface area contributed by atoms with Crippen LogP contribution in [-0.4, -0.2) is 4.98 Å². The van der Waals surface area contributed by atoms with Crippen LogP contribution in [0, 0.1) is 25.2 Å². The highest BCUT2D eigenvalue weighted by molar-refractivity contribution is 7.13. The molecule has 1 aromatic heterocycles. The first kappa shape index (κ1) is 11.4. The summed E-state index contributed by atoms with van der Waals surface area (Å²) in [6.07, 6.45) is 1.92. The summed E-state index contributed by atoms with van der Waals surface area (Å²) < 4.78 is 0. The predicted octanol–water partition coefficient (Wildman–Crippen LogP) is 3.98. The smallest absolute Gasteiger partial charge is 0.123 e. The molecule has 0 unspecified atom stereocenters. The third-order valence-electron chi connectivity index (χ3n) is 3.57. The van der Waals surface area contributed by atoms with Crippen LogP contribution in [0.1, 0.15) is 29.7 Å². The Morgan fingerprint density at radius 3 is 2.72 bits per heavy atom. The van der Waals surface area contributed by atoms with Crippen LogP contribution in [0.15, 0.2) is 23.6 Å². The Kier molecular flexibility index (Phi) is 2.49. The Hall–Kier alpha value is -1.66. The van der Waals surface area contributed by atoms with E-state index >= 15 is 0 Å². The maximum Gasteiger partial charge on any atom is 0.123 e. The maximum atomic E-state index is 9.20. The van der Waals surface area contributed by atoms with Crippen molar-refractivity contribution in [2.75, 3.05) is 0 Å². The Morgan fingerprint density at radius 1 is 1.33 bits per heavy atom. The first-order chi connectivity index (χ1) is 8.64. The molecule has 2 aromatic rings. The molecule has 3 rings (SSSR count). The van der Waals surface area contributed by atoms with Crippen LogP contribution in [0.3, 0.4) is 0 Å². The number of rotatable bonds is 2. The van der Waals surface area contributed by atoms with Gasteiger partial charge in [0.1, 0.15) is 10.4 Å². The van der Waals surface area contributed by atoms with Crippen molar-refractivity contribution in [3.8, 4) is 16.6 Å². The molecule has 2 nitrogen and oxygen atoms in total. The highest BCUT2D eigenvalue weighted by Gasteiger charge is 2.47. The van der Waals surface area contributed by atoms with Crippen LogP contribution < -0.4 is 0 Å². The lowest BCUT2D eigenvalue weighted by atomic mass is 10.1. The number of nitrogens with zero attached hydrogens (tertiary/aromatic N) is 2. The SMILES string of the molecule is Cc1ccc(-c2nc(C3(C#N)CC3)cs2)c(C)c1. The van der Waals surface area contributed by atoms with Gasteiger partial charge in [-0.05, 0) is 32.3 Å². The normalized spacial score (nSPS) is 16.3. The summed E-state index contributed by atoms with van der Waals surface area (Å²) in [4.78, 5) is 4.67. The number of aryl methyl sites for hydroxylation is 2. The van der Waals surface area contributed by atoms with Gasteiger partial charge in [0.05, 0.1) is 11.8 Å². The summed E-state index contributed by atoms with van der Waals surface area (Å²) >= 11 is 1.64. The van der Waals surface area contributed by atoms with Crippen molar-refractivity contribution in [3.63, 3.8) is 0 Å². The maximum absolute atomic E-state index is 9.20. The van der Waals surface area contributed by atoms with E-state index in [1.807, 2.05) is 5.38 Å². The van der Waals surface area contributed by atoms with Crippen molar-refractivity contribution >= 4 is 11.3 Å². The van der Waals surface area contributed by atoms with Crippen LogP contribution >= 0.6 is 11.3 Å². The Morgan fingerprint density at radius 2 is 2.11 bits per heavy atom. The van der Waals surface area contributed by atoms with E-state index in [-0.39, 0.29) is 5.41 Å². The fourth-order valence-corrected chi connectivity index (χ4v) is 3.23. The summed E-state index contributed by atoms with van der Waals surface area (Å²) in [5.41, 5.74) is 4.39. The summed E-state index contributed by atoms with van der Waals surface area (Å²) in [5, 5.41) is 12.3. The number of aromatic nitrogens is 1. The number of hydrogen-bond acceptors (Lipinski definition) is 3. The van der Waals surface area contributed by atoms with E-state index in [1.54, 1.807) is 11.3 Å². The van der Waals surface area contributed by atoms with Gasteiger partial charge < -0.3 is 0 Å². The van der Waals surface area contributed by atoms with Gasteiger partial charge >= 0.3 is 0 Å². The van der Waals surface area contributed by atoms with Gasteiger partial charge in [-0.25, -0.2) is 4.98 Å². The summed E-state index contributed by atoms with van der Waals surface area (Å²) in [5.74, 6) is 0. The minimum absolute atomic E-state index is 0.270. The summed E-state index contributed by atoms with van der Waals surface area (Å²) in [7, 11) is 0. The van der Waals surface area contributed by atoms with Gasteiger partial charge in [0.2, 0.25) is 0 Å². The van der Waals surface area contributed by atoms with Gasteiger partial charge in [-0.2, -0.15) is 5.26 Å². The quantitative estimate of drug-likeness (QED) is 0.812. The largest absolute Gasteiger partial charge is 0.239 e. The third kappa shape index (κ3) is 1.74. The Bertz CT molecular complexity index is 645. The Labute approximate surface area is 111 Å². The second-order valence-electron chi connectivity index (χ2n) is 5.05. The third-order valence-corrected chi connectivity index (χ3v) is 4.45. The van der Waals surface area contributed by atoms with E-state index in [9.17, 15) is 5.26 Å². The zero-order chi connectivity index (χ0) is 12.8. The second kappa shape index (κ2) is 3.93. The molecule has 0 bridgehead atoms. The standard InChI is InChI=1S/C15H14N2S/c1-10-3-4-12(11(2)7-10)14-17-13(8-18-14)15(9-16)5-6-15/h3-4,7-8H,5-6H2,1-2H3. The summed E-state index contributed by atoms with van der Waals surface area (Å²) in [6, 6.07) is 8.81. The van der Waals surface area contributed by atoms with Crippen LogP contribution in [0.4, 0.5) is 0 Å². The molecule has 1 saturated carbocycles. The van der Waals surface area contributed by atoms with Gasteiger partial charge in [-0.15, -0.1) is 11.3 Å². The molecule has 3 heteroatoms. The average Bonchev–Trinajstić information content (AvgIpc) is 3.00. The van der Waals surface area contributed by atoms with Gasteiger partial charge in [-0.1, -0.05) is 23.8 Å². The second-order valence-corrected chi connectivity index (χ2v) is 5.91. The highest BCUT2D eigenvalue weighted by atomic mass is 32.1. The van der Waals surface area contributed by atoms with E-state index in [1.165, 1.54) is 16.7 Å². The van der Waals surface area contributed by atoms with Crippen LogP contribution in [0.5, 0.6) is 0 Å². The van der Waals surface area contributed by atoms with Gasteiger partial charge in [0.15, 0.2) is 0 Å². The molecule has 18 heavy (non-hydrogen) atoms. The van der Waals surface area contributed by atoms with Crippen LogP contribution in [0.2, 0.25) is 0 Å². The molecule has 1 heterocycles. The van der Waals surface area contributed by atoms with E-state index in [0.29, 0.717) is 0 Å². The fourth-order valence-electron chi connectivity index (χ4n) is 2.22. The molecular weight excluding hydrogens is 240 g/mol. The van der Waals surface area contributed by atoms with Crippen molar-refractivity contribution < 1.29 is 0 Å². The van der Waals surface area contributed by atoms with Crippen molar-refractivity contribution in [1.82, 2.24) is 4.98 Å². The molecule has 0 aliphatic heterocycles. The molecule has 1 aliphatic rings. The molecular formula is C15H14N2S. The van der Waals surface area contributed by atoms with E-state index in [0.717, 1.165) is 23.5 Å². The monoisotopic (exact) mass is 254 g/mol. The van der Waals surface area contributed by atoms with Crippen molar-refractivity contribution in [3.05, 3.63) is 40.4 Å². The van der Waals surface area contributed by atoms with Crippen LogP contribution in [-0.2, 0) is 5.41 Å². The molecule has 0 amide bonds. The molecule has 90 valence electrons. The average molecular weight is 254 g/mol. The van der Waals surface area contributed by atoms with Crippen LogP contribution in [0.25, 0.3) is 10.6 Å². The van der Waals surface area contributed by atoms with Crippen molar-refractivity contribution in [2.24, 2.45) is 0 Å². The van der Waals surface area contributed by atoms with Gasteiger partial charge in [-0.3, -0.25) is 0 Å². The lowest BCUT2D eigenvalue weighted by Gasteiger charge is -2.03. The topological polar surface area (TPSA) is 36.7 Å². The van der Waals surface area contributed by atoms with E-state index in [4.69, 9.17) is 0 Å². The molecule has 0 N–H and O–H groups in total. The molecule has 1 fully saturated rings. The molecule has 0 spiro atoms. The molecule has 1 aromatic carbocycles. The number of thiazole rings is 1. The van der Waals surface area contributed by atoms with Crippen molar-refractivity contribution in [1.29, 1.82) is 5.26 Å². The minimum atomic E-state index is -0.270. The first-order valence-electron chi connectivity index (χ1n) is 6.09. The zero-order valence-electron chi connectivity index (χ0n) is 10.5. The van der Waals surface area contributed by atoms with Crippen molar-refractivity contribution in [2.45, 2.75) is 32.1 Å².